The van der Waals surface area contributed by atoms with Gasteiger partial charge in [0.15, 0.2) is 0 Å². The summed E-state index contributed by atoms with van der Waals surface area (Å²) >= 11 is 0. The average molecular weight is 326 g/mol. The number of rotatable bonds is 8. The van der Waals surface area contributed by atoms with Crippen LogP contribution in [0.5, 0.6) is 5.75 Å². The van der Waals surface area contributed by atoms with Crippen LogP contribution in [0, 0.1) is 5.92 Å². The highest BCUT2D eigenvalue weighted by molar-refractivity contribution is 5.71. The van der Waals surface area contributed by atoms with Gasteiger partial charge in [0, 0.05) is 0 Å². The van der Waals surface area contributed by atoms with Crippen LogP contribution in [0.25, 0.3) is 0 Å². The van der Waals surface area contributed by atoms with Crippen molar-refractivity contribution >= 4 is 17.3 Å². The highest BCUT2D eigenvalue weighted by atomic mass is 16.6. The van der Waals surface area contributed by atoms with E-state index in [0.29, 0.717) is 12.4 Å². The maximum atomic E-state index is 11.5. The van der Waals surface area contributed by atoms with Crippen molar-refractivity contribution in [1.82, 2.24) is 0 Å². The van der Waals surface area contributed by atoms with Gasteiger partial charge in [-0.2, -0.15) is 10.2 Å². The third kappa shape index (κ3) is 5.83. The summed E-state index contributed by atoms with van der Waals surface area (Å²) < 4.78 is 10.7. The van der Waals surface area contributed by atoms with Gasteiger partial charge in [-0.1, -0.05) is 32.0 Å². The van der Waals surface area contributed by atoms with Crippen molar-refractivity contribution in [2.75, 3.05) is 13.2 Å². The summed E-state index contributed by atoms with van der Waals surface area (Å²) in [4.78, 5) is 11.5. The number of hydrogen-bond donors (Lipinski definition) is 0. The van der Waals surface area contributed by atoms with Crippen molar-refractivity contribution in [1.29, 1.82) is 0 Å². The van der Waals surface area contributed by atoms with Crippen LogP contribution in [0.4, 0.5) is 11.4 Å². The van der Waals surface area contributed by atoms with Crippen LogP contribution in [-0.4, -0.2) is 19.2 Å². The maximum Gasteiger partial charge on any atom is 0.308 e. The Bertz CT molecular complexity index is 654. The molecule has 1 atom stereocenters. The molecule has 0 spiro atoms. The fraction of sp³-hybridized carbons (Fsp3) is 0.316. The zero-order chi connectivity index (χ0) is 17.2. The number of benzene rings is 2. The molecular weight excluding hydrogens is 304 g/mol. The lowest BCUT2D eigenvalue weighted by atomic mass is 10.1. The Kier molecular flexibility index (Phi) is 6.95. The molecule has 2 aromatic rings. The highest BCUT2D eigenvalue weighted by Gasteiger charge is 2.11. The first-order chi connectivity index (χ1) is 11.7. The summed E-state index contributed by atoms with van der Waals surface area (Å²) in [6.07, 6.45) is 0.776. The Labute approximate surface area is 142 Å². The van der Waals surface area contributed by atoms with Crippen LogP contribution in [-0.2, 0) is 9.53 Å². The van der Waals surface area contributed by atoms with Gasteiger partial charge in [0.25, 0.3) is 0 Å². The van der Waals surface area contributed by atoms with E-state index < -0.39 is 0 Å². The summed E-state index contributed by atoms with van der Waals surface area (Å²) in [5.74, 6) is 0.449. The molecule has 5 heteroatoms. The second-order valence-electron chi connectivity index (χ2n) is 5.35. The predicted molar refractivity (Wildman–Crippen MR) is 93.0 cm³/mol. The molecule has 0 radical (unpaired) electrons. The largest absolute Gasteiger partial charge is 0.490 e. The highest BCUT2D eigenvalue weighted by Crippen LogP contribution is 2.21. The van der Waals surface area contributed by atoms with Gasteiger partial charge in [-0.25, -0.2) is 0 Å². The lowest BCUT2D eigenvalue weighted by molar-refractivity contribution is -0.148. The molecule has 0 saturated heterocycles. The monoisotopic (exact) mass is 326 g/mol. The molecule has 2 rings (SSSR count). The minimum Gasteiger partial charge on any atom is -0.490 e. The number of esters is 1. The predicted octanol–water partition coefficient (Wildman–Crippen LogP) is 5.07. The van der Waals surface area contributed by atoms with Gasteiger partial charge in [0.1, 0.15) is 19.0 Å². The molecule has 5 nitrogen and oxygen atoms in total. The average Bonchev–Trinajstić information content (AvgIpc) is 2.64. The molecule has 0 amide bonds. The van der Waals surface area contributed by atoms with Crippen LogP contribution in [0.1, 0.15) is 20.3 Å². The number of azo groups is 1. The lowest BCUT2D eigenvalue weighted by Gasteiger charge is -2.10. The van der Waals surface area contributed by atoms with Gasteiger partial charge in [0.2, 0.25) is 0 Å². The topological polar surface area (TPSA) is 60.2 Å². The summed E-state index contributed by atoms with van der Waals surface area (Å²) in [6, 6.07) is 16.8. The van der Waals surface area contributed by atoms with Crippen LogP contribution < -0.4 is 4.74 Å². The van der Waals surface area contributed by atoms with Gasteiger partial charge in [-0.05, 0) is 42.8 Å². The van der Waals surface area contributed by atoms with Crippen LogP contribution in [0.2, 0.25) is 0 Å². The van der Waals surface area contributed by atoms with Crippen LogP contribution >= 0.6 is 0 Å². The van der Waals surface area contributed by atoms with E-state index in [1.54, 1.807) is 0 Å². The molecule has 0 fully saturated rings. The van der Waals surface area contributed by atoms with E-state index in [0.717, 1.165) is 17.8 Å². The summed E-state index contributed by atoms with van der Waals surface area (Å²) in [7, 11) is 0. The molecule has 0 N–H and O–H groups in total. The lowest BCUT2D eigenvalue weighted by Crippen LogP contribution is -2.17. The molecule has 0 aromatic heterocycles. The molecule has 0 aliphatic carbocycles. The molecule has 0 saturated carbocycles. The zero-order valence-corrected chi connectivity index (χ0v) is 14.0. The summed E-state index contributed by atoms with van der Waals surface area (Å²) in [5, 5.41) is 8.32. The van der Waals surface area contributed by atoms with Gasteiger partial charge < -0.3 is 9.47 Å². The Balaban J connectivity index is 1.76. The van der Waals surface area contributed by atoms with Gasteiger partial charge in [-0.3, -0.25) is 4.79 Å². The number of hydrogen-bond acceptors (Lipinski definition) is 5. The maximum absolute atomic E-state index is 11.5. The van der Waals surface area contributed by atoms with Crippen molar-refractivity contribution in [3.63, 3.8) is 0 Å². The van der Waals surface area contributed by atoms with E-state index in [1.807, 2.05) is 68.4 Å². The Morgan fingerprint density at radius 1 is 0.958 bits per heavy atom. The van der Waals surface area contributed by atoms with Gasteiger partial charge >= 0.3 is 5.97 Å². The van der Waals surface area contributed by atoms with E-state index in [-0.39, 0.29) is 18.5 Å². The molecule has 0 heterocycles. The molecule has 0 aliphatic heterocycles. The molecule has 1 unspecified atom stereocenters. The first-order valence-corrected chi connectivity index (χ1v) is 8.05. The van der Waals surface area contributed by atoms with Crippen molar-refractivity contribution in [3.05, 3.63) is 54.6 Å². The normalized spacial score (nSPS) is 12.1. The van der Waals surface area contributed by atoms with E-state index >= 15 is 0 Å². The second kappa shape index (κ2) is 9.45. The van der Waals surface area contributed by atoms with E-state index in [9.17, 15) is 4.79 Å². The zero-order valence-electron chi connectivity index (χ0n) is 14.0. The van der Waals surface area contributed by atoms with E-state index in [1.165, 1.54) is 0 Å². The first kappa shape index (κ1) is 17.7. The number of carbonyl (C=O) groups is 1. The number of carbonyl (C=O) groups excluding carboxylic acids is 1. The third-order valence-electron chi connectivity index (χ3n) is 3.48. The third-order valence-corrected chi connectivity index (χ3v) is 3.48. The fourth-order valence-corrected chi connectivity index (χ4v) is 1.83. The Morgan fingerprint density at radius 2 is 1.58 bits per heavy atom. The SMILES string of the molecule is CCC(C)C(=O)OCCOc1ccc(/N=N\c2ccccc2)cc1. The van der Waals surface area contributed by atoms with Gasteiger partial charge in [-0.15, -0.1) is 0 Å². The van der Waals surface area contributed by atoms with Crippen LogP contribution in [0.3, 0.4) is 0 Å². The van der Waals surface area contributed by atoms with Gasteiger partial charge in [0.05, 0.1) is 17.3 Å². The second-order valence-corrected chi connectivity index (χ2v) is 5.35. The minimum absolute atomic E-state index is 0.0701. The van der Waals surface area contributed by atoms with Crippen molar-refractivity contribution < 1.29 is 14.3 Å². The number of nitrogens with zero attached hydrogens (tertiary/aromatic N) is 2. The van der Waals surface area contributed by atoms with Crippen molar-refractivity contribution in [3.8, 4) is 5.75 Å². The summed E-state index contributed by atoms with van der Waals surface area (Å²) in [6.45, 7) is 4.39. The molecule has 2 aromatic carbocycles. The van der Waals surface area contributed by atoms with Crippen LogP contribution in [0.15, 0.2) is 64.8 Å². The molecule has 126 valence electrons. The molecule has 0 aliphatic rings. The van der Waals surface area contributed by atoms with E-state index in [2.05, 4.69) is 10.2 Å². The standard InChI is InChI=1S/C19H22N2O3/c1-3-15(2)19(22)24-14-13-23-18-11-9-17(10-12-18)21-20-16-7-5-4-6-8-16/h4-12,15H,3,13-14H2,1-2H3/b21-20-. The first-order valence-electron chi connectivity index (χ1n) is 8.05. The van der Waals surface area contributed by atoms with Crippen molar-refractivity contribution in [2.24, 2.45) is 16.1 Å². The van der Waals surface area contributed by atoms with Crippen molar-refractivity contribution in [2.45, 2.75) is 20.3 Å². The number of ether oxygens (including phenoxy) is 2. The minimum atomic E-state index is -0.183. The molecule has 24 heavy (non-hydrogen) atoms. The fourth-order valence-electron chi connectivity index (χ4n) is 1.83. The van der Waals surface area contributed by atoms with E-state index in [4.69, 9.17) is 9.47 Å². The smallest absolute Gasteiger partial charge is 0.308 e. The molecular formula is C19H22N2O3. The summed E-state index contributed by atoms with van der Waals surface area (Å²) in [5.41, 5.74) is 1.55. The Morgan fingerprint density at radius 3 is 2.21 bits per heavy atom. The quantitative estimate of drug-likeness (QED) is 0.386. The molecule has 0 bridgehead atoms. The Hall–Kier alpha value is -2.69.